The second-order valence-electron chi connectivity index (χ2n) is 8.82. The van der Waals surface area contributed by atoms with E-state index < -0.39 is 5.97 Å². The van der Waals surface area contributed by atoms with Crippen LogP contribution in [0, 0.1) is 12.8 Å². The van der Waals surface area contributed by atoms with Crippen LogP contribution in [0.1, 0.15) is 77.4 Å². The average molecular weight is 450 g/mol. The Morgan fingerprint density at radius 2 is 1.94 bits per heavy atom. The average Bonchev–Trinajstić information content (AvgIpc) is 3.35. The van der Waals surface area contributed by atoms with Crippen molar-refractivity contribution in [3.05, 3.63) is 75.7 Å². The van der Waals surface area contributed by atoms with Crippen molar-refractivity contribution in [1.29, 1.82) is 0 Å². The Labute approximate surface area is 194 Å². The van der Waals surface area contributed by atoms with Crippen molar-refractivity contribution in [3.63, 3.8) is 0 Å². The molecule has 0 radical (unpaired) electrons. The summed E-state index contributed by atoms with van der Waals surface area (Å²) in [6, 6.07) is 13.4. The number of carbonyl (C=O) groups is 1. The second kappa shape index (κ2) is 10.9. The van der Waals surface area contributed by atoms with Crippen LogP contribution >= 0.6 is 11.3 Å². The molecular formula is C27H31NO3S. The number of aromatic carboxylic acids is 1. The summed E-state index contributed by atoms with van der Waals surface area (Å²) in [5.74, 6) is -0.0587. The number of rotatable bonds is 9. The molecule has 0 amide bonds. The highest BCUT2D eigenvalue weighted by Gasteiger charge is 2.19. The standard InChI is InChI=1S/C27H31NO3S/c1-19-15-21(7-13-24(19)22-9-11-23(12-10-22)27(29)30)17-31-25(26-16-28-18-32-26)14-8-20-5-3-2-4-6-20/h7,9-13,15-16,18,20,25H,2-6,8,14,17H2,1H3,(H,29,30). The molecule has 2 aromatic carbocycles. The normalized spacial score (nSPS) is 15.5. The highest BCUT2D eigenvalue weighted by Crippen LogP contribution is 2.34. The molecule has 168 valence electrons. The van der Waals surface area contributed by atoms with Gasteiger partial charge in [-0.3, -0.25) is 4.98 Å². The van der Waals surface area contributed by atoms with Crippen molar-refractivity contribution in [2.24, 2.45) is 5.92 Å². The summed E-state index contributed by atoms with van der Waals surface area (Å²) in [6.45, 7) is 2.67. The molecule has 1 aromatic heterocycles. The third kappa shape index (κ3) is 5.84. The van der Waals surface area contributed by atoms with Gasteiger partial charge >= 0.3 is 5.97 Å². The molecule has 1 fully saturated rings. The van der Waals surface area contributed by atoms with E-state index in [1.165, 1.54) is 43.4 Å². The maximum absolute atomic E-state index is 11.1. The van der Waals surface area contributed by atoms with E-state index in [2.05, 4.69) is 30.1 Å². The molecule has 32 heavy (non-hydrogen) atoms. The van der Waals surface area contributed by atoms with E-state index in [1.807, 2.05) is 23.8 Å². The monoisotopic (exact) mass is 449 g/mol. The third-order valence-electron chi connectivity index (χ3n) is 6.52. The quantitative estimate of drug-likeness (QED) is 0.369. The molecule has 1 aliphatic rings. The zero-order valence-corrected chi connectivity index (χ0v) is 19.4. The number of benzene rings is 2. The van der Waals surface area contributed by atoms with E-state index in [0.29, 0.717) is 12.2 Å². The molecule has 5 heteroatoms. The molecule has 0 saturated heterocycles. The van der Waals surface area contributed by atoms with Crippen molar-refractivity contribution >= 4 is 17.3 Å². The maximum atomic E-state index is 11.1. The summed E-state index contributed by atoms with van der Waals surface area (Å²) >= 11 is 1.68. The van der Waals surface area contributed by atoms with Crippen LogP contribution in [0.15, 0.2) is 54.2 Å². The lowest BCUT2D eigenvalue weighted by molar-refractivity contribution is 0.0306. The number of carboxylic acid groups (broad SMARTS) is 1. The predicted octanol–water partition coefficient (Wildman–Crippen LogP) is 7.44. The number of hydrogen-bond donors (Lipinski definition) is 1. The maximum Gasteiger partial charge on any atom is 0.335 e. The summed E-state index contributed by atoms with van der Waals surface area (Å²) in [7, 11) is 0. The van der Waals surface area contributed by atoms with Gasteiger partial charge in [0.05, 0.1) is 28.7 Å². The molecule has 1 heterocycles. The van der Waals surface area contributed by atoms with Gasteiger partial charge in [0, 0.05) is 6.20 Å². The van der Waals surface area contributed by atoms with Crippen molar-refractivity contribution in [2.75, 3.05) is 0 Å². The van der Waals surface area contributed by atoms with Gasteiger partial charge in [0.2, 0.25) is 0 Å². The number of aromatic nitrogens is 1. The van der Waals surface area contributed by atoms with Gasteiger partial charge in [0.15, 0.2) is 0 Å². The van der Waals surface area contributed by atoms with Crippen LogP contribution in [0.4, 0.5) is 0 Å². The topological polar surface area (TPSA) is 59.4 Å². The minimum Gasteiger partial charge on any atom is -0.478 e. The number of thiazole rings is 1. The number of hydrogen-bond acceptors (Lipinski definition) is 4. The molecule has 1 saturated carbocycles. The largest absolute Gasteiger partial charge is 0.478 e. The molecule has 4 rings (SSSR count). The number of carboxylic acids is 1. The fourth-order valence-electron chi connectivity index (χ4n) is 4.68. The van der Waals surface area contributed by atoms with Gasteiger partial charge in [0.25, 0.3) is 0 Å². The molecule has 3 aromatic rings. The van der Waals surface area contributed by atoms with E-state index in [4.69, 9.17) is 9.84 Å². The fourth-order valence-corrected chi connectivity index (χ4v) is 5.39. The lowest BCUT2D eigenvalue weighted by Gasteiger charge is -2.24. The lowest BCUT2D eigenvalue weighted by Crippen LogP contribution is -2.10. The van der Waals surface area contributed by atoms with Crippen molar-refractivity contribution < 1.29 is 14.6 Å². The molecule has 1 N–H and O–H groups in total. The summed E-state index contributed by atoms with van der Waals surface area (Å²) in [5.41, 5.74) is 6.64. The van der Waals surface area contributed by atoms with Gasteiger partial charge in [0.1, 0.15) is 0 Å². The number of nitrogens with zero attached hydrogens (tertiary/aromatic N) is 1. The Bertz CT molecular complexity index is 1010. The highest BCUT2D eigenvalue weighted by molar-refractivity contribution is 7.09. The van der Waals surface area contributed by atoms with E-state index in [0.717, 1.165) is 34.6 Å². The Hall–Kier alpha value is -2.50. The van der Waals surface area contributed by atoms with Crippen molar-refractivity contribution in [1.82, 2.24) is 4.98 Å². The van der Waals surface area contributed by atoms with Crippen LogP contribution in [0.25, 0.3) is 11.1 Å². The van der Waals surface area contributed by atoms with Crippen LogP contribution in [0.3, 0.4) is 0 Å². The highest BCUT2D eigenvalue weighted by atomic mass is 32.1. The van der Waals surface area contributed by atoms with Crippen LogP contribution in [0.2, 0.25) is 0 Å². The first kappa shape index (κ1) is 22.7. The van der Waals surface area contributed by atoms with E-state index >= 15 is 0 Å². The fraction of sp³-hybridized carbons (Fsp3) is 0.407. The molecule has 1 atom stereocenters. The van der Waals surface area contributed by atoms with E-state index in [1.54, 1.807) is 23.5 Å². The second-order valence-corrected chi connectivity index (χ2v) is 9.73. The molecule has 0 aliphatic heterocycles. The van der Waals surface area contributed by atoms with Gasteiger partial charge < -0.3 is 9.84 Å². The van der Waals surface area contributed by atoms with Crippen molar-refractivity contribution in [2.45, 2.75) is 64.6 Å². The molecule has 0 bridgehead atoms. The zero-order chi connectivity index (χ0) is 22.3. The van der Waals surface area contributed by atoms with Crippen LogP contribution in [-0.4, -0.2) is 16.1 Å². The van der Waals surface area contributed by atoms with Crippen LogP contribution < -0.4 is 0 Å². The van der Waals surface area contributed by atoms with Gasteiger partial charge in [-0.25, -0.2) is 4.79 Å². The first-order chi connectivity index (χ1) is 15.6. The Morgan fingerprint density at radius 1 is 1.16 bits per heavy atom. The Balaban J connectivity index is 1.40. The summed E-state index contributed by atoms with van der Waals surface area (Å²) in [6.07, 6.45) is 11.2. The lowest BCUT2D eigenvalue weighted by atomic mass is 9.85. The third-order valence-corrected chi connectivity index (χ3v) is 7.38. The van der Waals surface area contributed by atoms with E-state index in [9.17, 15) is 4.79 Å². The first-order valence-corrected chi connectivity index (χ1v) is 12.4. The Kier molecular flexibility index (Phi) is 7.72. The molecule has 0 spiro atoms. The predicted molar refractivity (Wildman–Crippen MR) is 129 cm³/mol. The Morgan fingerprint density at radius 3 is 2.59 bits per heavy atom. The van der Waals surface area contributed by atoms with E-state index in [-0.39, 0.29) is 6.10 Å². The molecule has 1 aliphatic carbocycles. The minimum absolute atomic E-state index is 0.105. The smallest absolute Gasteiger partial charge is 0.335 e. The molecular weight excluding hydrogens is 418 g/mol. The summed E-state index contributed by atoms with van der Waals surface area (Å²) in [5, 5.41) is 9.10. The van der Waals surface area contributed by atoms with Crippen LogP contribution in [-0.2, 0) is 11.3 Å². The minimum atomic E-state index is -0.903. The van der Waals surface area contributed by atoms with Crippen molar-refractivity contribution in [3.8, 4) is 11.1 Å². The van der Waals surface area contributed by atoms with Crippen LogP contribution in [0.5, 0.6) is 0 Å². The van der Waals surface area contributed by atoms with Gasteiger partial charge in [-0.2, -0.15) is 0 Å². The van der Waals surface area contributed by atoms with Gasteiger partial charge in [-0.1, -0.05) is 62.4 Å². The first-order valence-electron chi connectivity index (χ1n) is 11.5. The zero-order valence-electron chi connectivity index (χ0n) is 18.6. The molecule has 4 nitrogen and oxygen atoms in total. The molecule has 1 unspecified atom stereocenters. The number of aryl methyl sites for hydroxylation is 1. The SMILES string of the molecule is Cc1cc(COC(CCC2CCCCC2)c2cncs2)ccc1-c1ccc(C(=O)O)cc1. The summed E-state index contributed by atoms with van der Waals surface area (Å²) < 4.78 is 6.41. The van der Waals surface area contributed by atoms with Gasteiger partial charge in [-0.05, 0) is 60.1 Å². The van der Waals surface area contributed by atoms with Gasteiger partial charge in [-0.15, -0.1) is 11.3 Å². The summed E-state index contributed by atoms with van der Waals surface area (Å²) in [4.78, 5) is 16.6. The number of ether oxygens (including phenoxy) is 1.